The van der Waals surface area contributed by atoms with Gasteiger partial charge in [0.2, 0.25) is 0 Å². The van der Waals surface area contributed by atoms with E-state index in [2.05, 4.69) is 0 Å². The van der Waals surface area contributed by atoms with E-state index in [9.17, 15) is 18.5 Å². The lowest BCUT2D eigenvalue weighted by molar-refractivity contribution is -0.386. The summed E-state index contributed by atoms with van der Waals surface area (Å²) in [7, 11) is -3.49. The van der Waals surface area contributed by atoms with Gasteiger partial charge < -0.3 is 10.5 Å². The molecule has 0 amide bonds. The third kappa shape index (κ3) is 3.92. The Morgan fingerprint density at radius 1 is 1.29 bits per heavy atom. The third-order valence-electron chi connectivity index (χ3n) is 3.57. The zero-order chi connectivity index (χ0) is 15.6. The molecule has 1 fully saturated rings. The Labute approximate surface area is 123 Å². The van der Waals surface area contributed by atoms with Crippen molar-refractivity contribution in [2.75, 3.05) is 6.26 Å². The lowest BCUT2D eigenvalue weighted by Gasteiger charge is -2.26. The van der Waals surface area contributed by atoms with Crippen molar-refractivity contribution < 1.29 is 18.1 Å². The predicted molar refractivity (Wildman–Crippen MR) is 77.1 cm³/mol. The molecular formula is C13H18N2O5S. The summed E-state index contributed by atoms with van der Waals surface area (Å²) < 4.78 is 28.6. The molecule has 2 N–H and O–H groups in total. The predicted octanol–water partition coefficient (Wildman–Crippen LogP) is 1.65. The van der Waals surface area contributed by atoms with Crippen LogP contribution in [0.15, 0.2) is 23.1 Å². The Kier molecular flexibility index (Phi) is 4.48. The molecule has 7 nitrogen and oxygen atoms in total. The maximum absolute atomic E-state index is 11.5. The van der Waals surface area contributed by atoms with E-state index in [4.69, 9.17) is 10.5 Å². The monoisotopic (exact) mass is 314 g/mol. The van der Waals surface area contributed by atoms with Crippen LogP contribution in [-0.2, 0) is 9.84 Å². The topological polar surface area (TPSA) is 113 Å². The first-order valence-electron chi connectivity index (χ1n) is 6.68. The van der Waals surface area contributed by atoms with Crippen molar-refractivity contribution in [2.45, 2.75) is 42.7 Å². The van der Waals surface area contributed by atoms with Gasteiger partial charge in [0.1, 0.15) is 0 Å². The summed E-state index contributed by atoms with van der Waals surface area (Å²) in [6, 6.07) is 3.88. The van der Waals surface area contributed by atoms with E-state index in [1.165, 1.54) is 12.1 Å². The van der Waals surface area contributed by atoms with Crippen LogP contribution in [-0.4, -0.2) is 31.7 Å². The van der Waals surface area contributed by atoms with E-state index in [1.54, 1.807) is 0 Å². The van der Waals surface area contributed by atoms with Gasteiger partial charge in [0.15, 0.2) is 15.6 Å². The fourth-order valence-electron chi connectivity index (χ4n) is 2.36. The molecule has 2 rings (SSSR count). The highest BCUT2D eigenvalue weighted by Crippen LogP contribution is 2.32. The molecule has 116 valence electrons. The molecule has 0 atom stereocenters. The molecule has 0 bridgehead atoms. The number of hydrogen-bond acceptors (Lipinski definition) is 6. The average Bonchev–Trinajstić information content (AvgIpc) is 2.40. The number of nitro benzene ring substituents is 1. The van der Waals surface area contributed by atoms with E-state index >= 15 is 0 Å². The Morgan fingerprint density at radius 3 is 2.43 bits per heavy atom. The second-order valence-corrected chi connectivity index (χ2v) is 7.33. The molecule has 0 aromatic heterocycles. The fourth-order valence-corrected chi connectivity index (χ4v) is 3.00. The SMILES string of the molecule is CS(=O)(=O)c1ccc(OC2CCC(N)CC2)c([N+](=O)[O-])c1. The van der Waals surface area contributed by atoms with Gasteiger partial charge in [-0.05, 0) is 37.8 Å². The van der Waals surface area contributed by atoms with Crippen molar-refractivity contribution in [3.63, 3.8) is 0 Å². The number of ether oxygens (including phenoxy) is 1. The van der Waals surface area contributed by atoms with Crippen LogP contribution in [0.5, 0.6) is 5.75 Å². The molecule has 0 aliphatic heterocycles. The number of sulfone groups is 1. The summed E-state index contributed by atoms with van der Waals surface area (Å²) in [5.41, 5.74) is 5.48. The zero-order valence-electron chi connectivity index (χ0n) is 11.7. The van der Waals surface area contributed by atoms with Gasteiger partial charge in [-0.2, -0.15) is 0 Å². The van der Waals surface area contributed by atoms with Crippen molar-refractivity contribution in [3.05, 3.63) is 28.3 Å². The summed E-state index contributed by atoms with van der Waals surface area (Å²) in [6.45, 7) is 0. The minimum atomic E-state index is -3.49. The lowest BCUT2D eigenvalue weighted by atomic mass is 9.94. The largest absolute Gasteiger partial charge is 0.484 e. The van der Waals surface area contributed by atoms with Crippen LogP contribution in [0.4, 0.5) is 5.69 Å². The van der Waals surface area contributed by atoms with Gasteiger partial charge in [0.25, 0.3) is 0 Å². The Morgan fingerprint density at radius 2 is 1.90 bits per heavy atom. The Balaban J connectivity index is 2.25. The van der Waals surface area contributed by atoms with Crippen molar-refractivity contribution in [3.8, 4) is 5.75 Å². The summed E-state index contributed by atoms with van der Waals surface area (Å²) in [5, 5.41) is 11.1. The summed E-state index contributed by atoms with van der Waals surface area (Å²) >= 11 is 0. The molecule has 1 aliphatic carbocycles. The van der Waals surface area contributed by atoms with Gasteiger partial charge in [-0.1, -0.05) is 0 Å². The van der Waals surface area contributed by atoms with Crippen LogP contribution in [0.3, 0.4) is 0 Å². The highest BCUT2D eigenvalue weighted by atomic mass is 32.2. The quantitative estimate of drug-likeness (QED) is 0.668. The van der Waals surface area contributed by atoms with Crippen molar-refractivity contribution in [1.29, 1.82) is 0 Å². The van der Waals surface area contributed by atoms with Gasteiger partial charge in [-0.25, -0.2) is 8.42 Å². The first-order chi connectivity index (χ1) is 9.77. The summed E-state index contributed by atoms with van der Waals surface area (Å²) in [6.07, 6.45) is 4.01. The first-order valence-corrected chi connectivity index (χ1v) is 8.57. The maximum atomic E-state index is 11.5. The van der Waals surface area contributed by atoms with Crippen LogP contribution >= 0.6 is 0 Å². The second kappa shape index (κ2) is 5.98. The van der Waals surface area contributed by atoms with Gasteiger partial charge in [0, 0.05) is 18.4 Å². The molecule has 0 unspecified atom stereocenters. The van der Waals surface area contributed by atoms with Gasteiger partial charge in [-0.15, -0.1) is 0 Å². The molecule has 1 aromatic rings. The maximum Gasteiger partial charge on any atom is 0.312 e. The molecular weight excluding hydrogens is 296 g/mol. The lowest BCUT2D eigenvalue weighted by Crippen LogP contribution is -2.31. The molecule has 1 aromatic carbocycles. The van der Waals surface area contributed by atoms with E-state index < -0.39 is 14.8 Å². The van der Waals surface area contributed by atoms with Crippen molar-refractivity contribution in [2.24, 2.45) is 5.73 Å². The Bertz CT molecular complexity index is 636. The van der Waals surface area contributed by atoms with Crippen LogP contribution in [0, 0.1) is 10.1 Å². The smallest absolute Gasteiger partial charge is 0.312 e. The summed E-state index contributed by atoms with van der Waals surface area (Å²) in [5.74, 6) is 0.105. The van der Waals surface area contributed by atoms with Crippen LogP contribution < -0.4 is 10.5 Å². The highest BCUT2D eigenvalue weighted by Gasteiger charge is 2.25. The van der Waals surface area contributed by atoms with Crippen molar-refractivity contribution >= 4 is 15.5 Å². The fraction of sp³-hybridized carbons (Fsp3) is 0.538. The molecule has 0 heterocycles. The first kappa shape index (κ1) is 15.7. The summed E-state index contributed by atoms with van der Waals surface area (Å²) in [4.78, 5) is 10.4. The minimum absolute atomic E-state index is 0.0905. The molecule has 0 saturated heterocycles. The highest BCUT2D eigenvalue weighted by molar-refractivity contribution is 7.90. The zero-order valence-corrected chi connectivity index (χ0v) is 12.5. The van der Waals surface area contributed by atoms with Gasteiger partial charge in [0.05, 0.1) is 15.9 Å². The number of nitrogens with two attached hydrogens (primary N) is 1. The van der Waals surface area contributed by atoms with Gasteiger partial charge >= 0.3 is 5.69 Å². The number of nitro groups is 1. The second-order valence-electron chi connectivity index (χ2n) is 5.31. The van der Waals surface area contributed by atoms with E-state index in [0.29, 0.717) is 0 Å². The minimum Gasteiger partial charge on any atom is -0.484 e. The molecule has 1 aliphatic rings. The standard InChI is InChI=1S/C13H18N2O5S/c1-21(18,19)11-6-7-13(12(8-11)15(16)17)20-10-4-2-9(14)3-5-10/h6-10H,2-5,14H2,1H3. The van der Waals surface area contributed by atoms with Gasteiger partial charge in [-0.3, -0.25) is 10.1 Å². The average molecular weight is 314 g/mol. The number of rotatable bonds is 4. The molecule has 0 spiro atoms. The number of hydrogen-bond donors (Lipinski definition) is 1. The number of benzene rings is 1. The van der Waals surface area contributed by atoms with E-state index in [0.717, 1.165) is 38.0 Å². The molecule has 0 radical (unpaired) electrons. The van der Waals surface area contributed by atoms with Crippen LogP contribution in [0.2, 0.25) is 0 Å². The normalized spacial score (nSPS) is 22.8. The Hall–Kier alpha value is -1.67. The van der Waals surface area contributed by atoms with Crippen molar-refractivity contribution in [1.82, 2.24) is 0 Å². The molecule has 21 heavy (non-hydrogen) atoms. The van der Waals surface area contributed by atoms with Crippen LogP contribution in [0.25, 0.3) is 0 Å². The third-order valence-corrected chi connectivity index (χ3v) is 4.68. The molecule has 8 heteroatoms. The van der Waals surface area contributed by atoms with E-state index in [1.807, 2.05) is 0 Å². The molecule has 1 saturated carbocycles. The van der Waals surface area contributed by atoms with Crippen LogP contribution in [0.1, 0.15) is 25.7 Å². The number of nitrogens with zero attached hydrogens (tertiary/aromatic N) is 1. The van der Waals surface area contributed by atoms with E-state index in [-0.39, 0.29) is 28.5 Å².